The summed E-state index contributed by atoms with van der Waals surface area (Å²) in [6.45, 7) is 0.236. The van der Waals surface area contributed by atoms with Gasteiger partial charge in [0, 0.05) is 12.2 Å². The Morgan fingerprint density at radius 1 is 0.727 bits per heavy atom. The number of halogens is 6. The van der Waals surface area contributed by atoms with Crippen LogP contribution in [-0.4, -0.2) is 37.2 Å². The van der Waals surface area contributed by atoms with Crippen LogP contribution >= 0.6 is 66.5 Å². The predicted molar refractivity (Wildman–Crippen MR) is 96.5 cm³/mol. The lowest BCUT2D eigenvalue weighted by molar-refractivity contribution is -0.140. The van der Waals surface area contributed by atoms with Crippen molar-refractivity contribution < 1.29 is 19.1 Å². The summed E-state index contributed by atoms with van der Waals surface area (Å²) in [7, 11) is 0. The van der Waals surface area contributed by atoms with Gasteiger partial charge >= 0.3 is 23.9 Å². The normalized spacial score (nSPS) is 12.5. The second-order valence-electron chi connectivity index (χ2n) is 4.11. The SMILES string of the molecule is O=C(C=CC(=O)OCCC[Si](Cl)(Cl)Cl)OCCC[Si](Cl)(Cl)Cl. The molecule has 0 aromatic rings. The smallest absolute Gasteiger partial charge is 0.341 e. The minimum Gasteiger partial charge on any atom is -0.463 e. The molecule has 0 aromatic heterocycles. The molecular weight excluding hydrogens is 453 g/mol. The Bertz CT molecular complexity index is 358. The molecule has 0 heterocycles. The minimum atomic E-state index is -2.69. The highest BCUT2D eigenvalue weighted by Gasteiger charge is 2.24. The molecule has 0 aliphatic heterocycles. The number of ether oxygens (including phenoxy) is 2. The fourth-order valence-corrected chi connectivity index (χ4v) is 4.62. The van der Waals surface area contributed by atoms with Gasteiger partial charge in [0.15, 0.2) is 0 Å². The Hall–Kier alpha value is 0.854. The molecule has 22 heavy (non-hydrogen) atoms. The topological polar surface area (TPSA) is 52.6 Å². The fraction of sp³-hybridized carbons (Fsp3) is 0.600. The van der Waals surface area contributed by atoms with Gasteiger partial charge < -0.3 is 9.47 Å². The first kappa shape index (κ1) is 22.9. The van der Waals surface area contributed by atoms with Gasteiger partial charge in [-0.1, -0.05) is 0 Å². The number of carbonyl (C=O) groups excluding carboxylic acids is 2. The van der Waals surface area contributed by atoms with Gasteiger partial charge in [0.2, 0.25) is 0 Å². The van der Waals surface area contributed by atoms with Crippen molar-refractivity contribution >= 4 is 90.4 Å². The van der Waals surface area contributed by atoms with Crippen molar-refractivity contribution in [3.8, 4) is 0 Å². The molecule has 0 saturated carbocycles. The molecule has 0 rings (SSSR count). The number of hydrogen-bond acceptors (Lipinski definition) is 4. The van der Waals surface area contributed by atoms with Gasteiger partial charge in [-0.05, 0) is 24.9 Å². The average molecular weight is 467 g/mol. The van der Waals surface area contributed by atoms with Crippen molar-refractivity contribution in [2.45, 2.75) is 24.9 Å². The summed E-state index contributed by atoms with van der Waals surface area (Å²) in [6, 6.07) is -4.60. The second-order valence-corrected chi connectivity index (χ2v) is 22.7. The molecule has 0 atom stereocenters. The van der Waals surface area contributed by atoms with Crippen molar-refractivity contribution in [1.82, 2.24) is 0 Å². The monoisotopic (exact) mass is 464 g/mol. The van der Waals surface area contributed by atoms with Gasteiger partial charge in [-0.3, -0.25) is 0 Å². The summed E-state index contributed by atoms with van der Waals surface area (Å²) in [6.07, 6.45) is 2.85. The number of rotatable bonds is 10. The maximum atomic E-state index is 11.3. The van der Waals surface area contributed by atoms with Crippen LogP contribution in [-0.2, 0) is 19.1 Å². The largest absolute Gasteiger partial charge is 0.463 e. The highest BCUT2D eigenvalue weighted by molar-refractivity contribution is 7.65. The molecule has 0 aliphatic carbocycles. The van der Waals surface area contributed by atoms with E-state index in [9.17, 15) is 9.59 Å². The van der Waals surface area contributed by atoms with Gasteiger partial charge in [-0.25, -0.2) is 9.59 Å². The van der Waals surface area contributed by atoms with E-state index in [-0.39, 0.29) is 13.2 Å². The third kappa shape index (κ3) is 17.2. The third-order valence-corrected chi connectivity index (χ3v) is 7.30. The quantitative estimate of drug-likeness (QED) is 0.154. The number of hydrogen-bond donors (Lipinski definition) is 0. The van der Waals surface area contributed by atoms with Gasteiger partial charge in [-0.2, -0.15) is 0 Å². The van der Waals surface area contributed by atoms with E-state index < -0.39 is 23.9 Å². The van der Waals surface area contributed by atoms with Crippen LogP contribution in [0.3, 0.4) is 0 Å². The van der Waals surface area contributed by atoms with Crippen LogP contribution in [0.2, 0.25) is 12.1 Å². The lowest BCUT2D eigenvalue weighted by Crippen LogP contribution is -2.12. The molecule has 0 amide bonds. The van der Waals surface area contributed by atoms with Crippen molar-refractivity contribution in [3.05, 3.63) is 12.2 Å². The minimum absolute atomic E-state index is 0.118. The molecule has 0 aliphatic rings. The van der Waals surface area contributed by atoms with E-state index in [1.165, 1.54) is 0 Å². The summed E-state index contributed by atoms with van der Waals surface area (Å²) < 4.78 is 9.65. The van der Waals surface area contributed by atoms with Crippen molar-refractivity contribution in [3.63, 3.8) is 0 Å². The first-order chi connectivity index (χ1) is 9.99. The number of carbonyl (C=O) groups is 2. The van der Waals surface area contributed by atoms with E-state index >= 15 is 0 Å². The lowest BCUT2D eigenvalue weighted by atomic mass is 10.4. The predicted octanol–water partition coefficient (Wildman–Crippen LogP) is 4.72. The van der Waals surface area contributed by atoms with Crippen LogP contribution in [0.4, 0.5) is 0 Å². The van der Waals surface area contributed by atoms with Crippen LogP contribution in [0.25, 0.3) is 0 Å². The Morgan fingerprint density at radius 2 is 1.05 bits per heavy atom. The maximum Gasteiger partial charge on any atom is 0.341 e. The molecule has 0 N–H and O–H groups in total. The van der Waals surface area contributed by atoms with Crippen LogP contribution in [0.1, 0.15) is 12.8 Å². The highest BCUT2D eigenvalue weighted by Crippen LogP contribution is 2.26. The van der Waals surface area contributed by atoms with E-state index in [2.05, 4.69) is 0 Å². The van der Waals surface area contributed by atoms with Gasteiger partial charge in [0.25, 0.3) is 0 Å². The summed E-state index contributed by atoms with van der Waals surface area (Å²) in [5.74, 6) is -1.34. The average Bonchev–Trinajstić information content (AvgIpc) is 2.35. The summed E-state index contributed by atoms with van der Waals surface area (Å²) >= 11 is 34.0. The Kier molecular flexibility index (Phi) is 11.9. The van der Waals surface area contributed by atoms with Crippen molar-refractivity contribution in [2.75, 3.05) is 13.2 Å². The zero-order valence-corrected chi connectivity index (χ0v) is 17.8. The Labute approximate surface area is 159 Å². The molecule has 128 valence electrons. The van der Waals surface area contributed by atoms with Gasteiger partial charge in [0.1, 0.15) is 0 Å². The molecule has 12 heteroatoms. The third-order valence-electron chi connectivity index (χ3n) is 2.05. The van der Waals surface area contributed by atoms with E-state index in [1.807, 2.05) is 0 Å². The van der Waals surface area contributed by atoms with Crippen LogP contribution in [0.15, 0.2) is 12.2 Å². The first-order valence-corrected chi connectivity index (χ1v) is 16.6. The molecule has 4 nitrogen and oxygen atoms in total. The number of esters is 2. The highest BCUT2D eigenvalue weighted by atomic mass is 35.8. The molecule has 0 fully saturated rings. The standard InChI is InChI=1S/C10H14Cl6O4Si2/c11-21(12,13)7-1-5-19-9(17)3-4-10(18)20-6-2-8-22(14,15)16/h3-4H,1-2,5-8H2. The molecule has 0 radical (unpaired) electrons. The second kappa shape index (κ2) is 11.4. The molecular formula is C10H14Cl6O4Si2. The van der Waals surface area contributed by atoms with E-state index in [0.717, 1.165) is 12.2 Å². The fourth-order valence-electron chi connectivity index (χ4n) is 1.12. The van der Waals surface area contributed by atoms with Crippen molar-refractivity contribution in [1.29, 1.82) is 0 Å². The zero-order valence-electron chi connectivity index (χ0n) is 11.3. The van der Waals surface area contributed by atoms with E-state index in [1.54, 1.807) is 0 Å². The molecule has 0 aromatic carbocycles. The summed E-state index contributed by atoms with van der Waals surface area (Å²) in [5, 5.41) is 0. The van der Waals surface area contributed by atoms with E-state index in [4.69, 9.17) is 75.9 Å². The van der Waals surface area contributed by atoms with Crippen LogP contribution in [0.5, 0.6) is 0 Å². The molecule has 0 bridgehead atoms. The van der Waals surface area contributed by atoms with Crippen LogP contribution in [0, 0.1) is 0 Å². The Morgan fingerprint density at radius 3 is 1.32 bits per heavy atom. The molecule has 0 unspecified atom stereocenters. The van der Waals surface area contributed by atoms with Crippen molar-refractivity contribution in [2.24, 2.45) is 0 Å². The first-order valence-electron chi connectivity index (χ1n) is 6.15. The summed E-state index contributed by atoms with van der Waals surface area (Å²) in [5.41, 5.74) is 0. The summed E-state index contributed by atoms with van der Waals surface area (Å²) in [4.78, 5) is 22.6. The molecule has 0 spiro atoms. The maximum absolute atomic E-state index is 11.3. The Balaban J connectivity index is 3.76. The molecule has 0 saturated heterocycles. The van der Waals surface area contributed by atoms with E-state index in [0.29, 0.717) is 24.9 Å². The van der Waals surface area contributed by atoms with Gasteiger partial charge in [0.05, 0.1) is 13.2 Å². The van der Waals surface area contributed by atoms with Crippen LogP contribution < -0.4 is 0 Å². The zero-order chi connectivity index (χ0) is 17.2. The van der Waals surface area contributed by atoms with Gasteiger partial charge in [-0.15, -0.1) is 66.5 Å². The lowest BCUT2D eigenvalue weighted by Gasteiger charge is -2.07.